The fourth-order valence-electron chi connectivity index (χ4n) is 4.52. The van der Waals surface area contributed by atoms with Crippen molar-refractivity contribution in [2.45, 2.75) is 37.3 Å². The molecule has 0 aromatic heterocycles. The fraction of sp³-hybridized carbons (Fsp3) is 0.321. The van der Waals surface area contributed by atoms with E-state index in [-0.39, 0.29) is 35.6 Å². The Morgan fingerprint density at radius 1 is 0.949 bits per heavy atom. The van der Waals surface area contributed by atoms with Crippen LogP contribution in [0.15, 0.2) is 71.6 Å². The number of sulfonamides is 2. The van der Waals surface area contributed by atoms with Crippen molar-refractivity contribution in [3.8, 4) is 5.75 Å². The Morgan fingerprint density at radius 3 is 2.26 bits per heavy atom. The van der Waals surface area contributed by atoms with E-state index in [2.05, 4.69) is 10.0 Å². The minimum Gasteiger partial charge on any atom is -0.495 e. The summed E-state index contributed by atoms with van der Waals surface area (Å²) in [6.45, 7) is 4.29. The molecule has 3 aromatic rings. The first kappa shape index (κ1) is 28.6. The van der Waals surface area contributed by atoms with Crippen molar-refractivity contribution in [3.05, 3.63) is 83.4 Å². The highest BCUT2D eigenvalue weighted by molar-refractivity contribution is 7.92. The Morgan fingerprint density at radius 2 is 1.62 bits per heavy atom. The molecule has 0 saturated carbocycles. The summed E-state index contributed by atoms with van der Waals surface area (Å²) in [5.41, 5.74) is 3.38. The third kappa shape index (κ3) is 6.97. The van der Waals surface area contributed by atoms with E-state index in [0.717, 1.165) is 16.7 Å². The average molecular weight is 572 g/mol. The summed E-state index contributed by atoms with van der Waals surface area (Å²) in [6, 6.07) is 18.5. The second kappa shape index (κ2) is 11.8. The molecule has 0 radical (unpaired) electrons. The number of carbonyl (C=O) groups excluding carboxylic acids is 1. The maximum absolute atomic E-state index is 12.9. The molecule has 4 rings (SSSR count). The van der Waals surface area contributed by atoms with Gasteiger partial charge in [0.2, 0.25) is 15.9 Å². The number of aryl methyl sites for hydroxylation is 2. The van der Waals surface area contributed by atoms with Crippen LogP contribution in [-0.2, 0) is 30.6 Å². The monoisotopic (exact) mass is 571 g/mol. The Bertz CT molecular complexity index is 1550. The number of ether oxygens (including phenoxy) is 1. The predicted octanol–water partition coefficient (Wildman–Crippen LogP) is 4.29. The first-order valence-electron chi connectivity index (χ1n) is 12.6. The van der Waals surface area contributed by atoms with Crippen molar-refractivity contribution < 1.29 is 26.4 Å². The number of hydrogen-bond donors (Lipinski definition) is 2. The van der Waals surface area contributed by atoms with Crippen LogP contribution in [0.25, 0.3) is 0 Å². The lowest BCUT2D eigenvalue weighted by atomic mass is 9.97. The van der Waals surface area contributed by atoms with Crippen LogP contribution in [0.1, 0.15) is 29.5 Å². The largest absolute Gasteiger partial charge is 0.495 e. The molecule has 1 saturated heterocycles. The standard InChI is InChI=1S/C28H33N3O6S2/c1-20-8-13-27(37-3)26(18-20)30-39(35,36)25-11-9-24(10-12-25)29-28(32)22-14-16-31(17-15-22)38(33,34)19-23-7-5-4-6-21(23)2/h4-13,18,22,30H,14-17,19H2,1-3H3,(H,29,32). The maximum atomic E-state index is 12.9. The molecule has 1 amide bonds. The molecule has 0 bridgehead atoms. The van der Waals surface area contributed by atoms with E-state index in [1.165, 1.54) is 35.7 Å². The molecule has 0 spiro atoms. The van der Waals surface area contributed by atoms with Crippen molar-refractivity contribution in [1.29, 1.82) is 0 Å². The quantitative estimate of drug-likeness (QED) is 0.395. The number of piperidine rings is 1. The van der Waals surface area contributed by atoms with Crippen molar-refractivity contribution in [3.63, 3.8) is 0 Å². The molecule has 11 heteroatoms. The van der Waals surface area contributed by atoms with Crippen LogP contribution in [0.5, 0.6) is 5.75 Å². The Kier molecular flexibility index (Phi) is 8.63. The molecule has 1 heterocycles. The lowest BCUT2D eigenvalue weighted by molar-refractivity contribution is -0.120. The summed E-state index contributed by atoms with van der Waals surface area (Å²) >= 11 is 0. The number of nitrogens with one attached hydrogen (secondary N) is 2. The minimum atomic E-state index is -3.88. The van der Waals surface area contributed by atoms with Gasteiger partial charge in [0.15, 0.2) is 0 Å². The van der Waals surface area contributed by atoms with Gasteiger partial charge in [0, 0.05) is 24.7 Å². The Hall–Kier alpha value is -3.41. The smallest absolute Gasteiger partial charge is 0.262 e. The van der Waals surface area contributed by atoms with Gasteiger partial charge in [0.05, 0.1) is 23.4 Å². The van der Waals surface area contributed by atoms with Gasteiger partial charge in [0.1, 0.15) is 5.75 Å². The molecule has 2 N–H and O–H groups in total. The summed E-state index contributed by atoms with van der Waals surface area (Å²) in [5, 5.41) is 2.82. The lowest BCUT2D eigenvalue weighted by Crippen LogP contribution is -2.41. The molecule has 1 aliphatic rings. The van der Waals surface area contributed by atoms with Crippen LogP contribution < -0.4 is 14.8 Å². The zero-order valence-electron chi connectivity index (χ0n) is 22.2. The number of amides is 1. The highest BCUT2D eigenvalue weighted by atomic mass is 32.2. The van der Waals surface area contributed by atoms with E-state index in [0.29, 0.717) is 30.0 Å². The molecular weight excluding hydrogens is 538 g/mol. The summed E-state index contributed by atoms with van der Waals surface area (Å²) in [6.07, 6.45) is 0.821. The third-order valence-electron chi connectivity index (χ3n) is 6.85. The van der Waals surface area contributed by atoms with E-state index in [1.54, 1.807) is 12.1 Å². The second-order valence-corrected chi connectivity index (χ2v) is 13.3. The van der Waals surface area contributed by atoms with Crippen LogP contribution >= 0.6 is 0 Å². The predicted molar refractivity (Wildman–Crippen MR) is 152 cm³/mol. The Balaban J connectivity index is 1.34. The molecule has 0 aliphatic carbocycles. The molecule has 1 aliphatic heterocycles. The van der Waals surface area contributed by atoms with Gasteiger partial charge in [-0.3, -0.25) is 9.52 Å². The van der Waals surface area contributed by atoms with E-state index in [4.69, 9.17) is 4.74 Å². The van der Waals surface area contributed by atoms with Gasteiger partial charge in [0.25, 0.3) is 10.0 Å². The number of carbonyl (C=O) groups is 1. The van der Waals surface area contributed by atoms with Gasteiger partial charge >= 0.3 is 0 Å². The van der Waals surface area contributed by atoms with Crippen molar-refractivity contribution in [1.82, 2.24) is 4.31 Å². The van der Waals surface area contributed by atoms with Crippen LogP contribution in [0, 0.1) is 19.8 Å². The zero-order valence-corrected chi connectivity index (χ0v) is 23.8. The first-order valence-corrected chi connectivity index (χ1v) is 15.7. The molecular formula is C28H33N3O6S2. The molecule has 208 valence electrons. The number of nitrogens with zero attached hydrogens (tertiary/aromatic N) is 1. The van der Waals surface area contributed by atoms with Gasteiger partial charge in [-0.25, -0.2) is 21.1 Å². The number of hydrogen-bond acceptors (Lipinski definition) is 6. The average Bonchev–Trinajstić information content (AvgIpc) is 2.90. The Labute approximate surface area is 230 Å². The number of rotatable bonds is 9. The second-order valence-electron chi connectivity index (χ2n) is 9.68. The van der Waals surface area contributed by atoms with Gasteiger partial charge in [-0.2, -0.15) is 0 Å². The maximum Gasteiger partial charge on any atom is 0.262 e. The number of methoxy groups -OCH3 is 1. The number of benzene rings is 3. The van der Waals surface area contributed by atoms with E-state index in [1.807, 2.05) is 44.2 Å². The summed E-state index contributed by atoms with van der Waals surface area (Å²) in [7, 11) is -5.90. The van der Waals surface area contributed by atoms with Crippen LogP contribution in [0.4, 0.5) is 11.4 Å². The lowest BCUT2D eigenvalue weighted by Gasteiger charge is -2.30. The number of anilines is 2. The molecule has 9 nitrogen and oxygen atoms in total. The normalized spacial score (nSPS) is 15.1. The molecule has 39 heavy (non-hydrogen) atoms. The van der Waals surface area contributed by atoms with Crippen LogP contribution in [-0.4, -0.2) is 47.2 Å². The van der Waals surface area contributed by atoms with Gasteiger partial charge in [-0.15, -0.1) is 0 Å². The minimum absolute atomic E-state index is 0.0382. The van der Waals surface area contributed by atoms with Crippen molar-refractivity contribution in [2.24, 2.45) is 5.92 Å². The van der Waals surface area contributed by atoms with Gasteiger partial charge in [-0.05, 0) is 79.8 Å². The fourth-order valence-corrected chi connectivity index (χ4v) is 7.25. The van der Waals surface area contributed by atoms with Crippen LogP contribution in [0.2, 0.25) is 0 Å². The van der Waals surface area contributed by atoms with Gasteiger partial charge in [-0.1, -0.05) is 30.3 Å². The van der Waals surface area contributed by atoms with Crippen molar-refractivity contribution >= 4 is 37.3 Å². The zero-order chi connectivity index (χ0) is 28.2. The molecule has 3 aromatic carbocycles. The van der Waals surface area contributed by atoms with Crippen molar-refractivity contribution in [2.75, 3.05) is 30.2 Å². The summed E-state index contributed by atoms with van der Waals surface area (Å²) < 4.78 is 60.9. The molecule has 0 unspecified atom stereocenters. The van der Waals surface area contributed by atoms with Crippen LogP contribution in [0.3, 0.4) is 0 Å². The van der Waals surface area contributed by atoms with E-state index < -0.39 is 20.0 Å². The first-order chi connectivity index (χ1) is 18.5. The molecule has 1 fully saturated rings. The van der Waals surface area contributed by atoms with E-state index in [9.17, 15) is 21.6 Å². The summed E-state index contributed by atoms with van der Waals surface area (Å²) in [4.78, 5) is 12.9. The highest BCUT2D eigenvalue weighted by Gasteiger charge is 2.31. The third-order valence-corrected chi connectivity index (χ3v) is 10.1. The topological polar surface area (TPSA) is 122 Å². The highest BCUT2D eigenvalue weighted by Crippen LogP contribution is 2.29. The van der Waals surface area contributed by atoms with Gasteiger partial charge < -0.3 is 10.1 Å². The SMILES string of the molecule is COc1ccc(C)cc1NS(=O)(=O)c1ccc(NC(=O)C2CCN(S(=O)(=O)Cc3ccccc3C)CC2)cc1. The summed E-state index contributed by atoms with van der Waals surface area (Å²) in [5.74, 6) is -0.211. The van der Waals surface area contributed by atoms with E-state index >= 15 is 0 Å². The molecule has 0 atom stereocenters.